The molecule has 1 aliphatic heterocycles. The number of thioether (sulfide) groups is 1. The third-order valence-electron chi connectivity index (χ3n) is 2.53. The number of carbonyl (C=O) groups excluding carboxylic acids is 1. The number of fused-ring (bicyclic) bond motifs is 1. The molecule has 0 fully saturated rings. The van der Waals surface area contributed by atoms with Crippen LogP contribution in [0, 0.1) is 0 Å². The van der Waals surface area contributed by atoms with Crippen molar-refractivity contribution in [3.8, 4) is 0 Å². The Hall–Kier alpha value is -0.520. The van der Waals surface area contributed by atoms with Crippen molar-refractivity contribution in [1.82, 2.24) is 5.32 Å². The van der Waals surface area contributed by atoms with Crippen LogP contribution < -0.4 is 5.32 Å². The summed E-state index contributed by atoms with van der Waals surface area (Å²) in [5.74, 6) is 2.10. The number of thiophene rings is 1. The molecule has 1 aliphatic rings. The molecule has 0 atom stereocenters. The highest BCUT2D eigenvalue weighted by Crippen LogP contribution is 2.31. The fourth-order valence-electron chi connectivity index (χ4n) is 1.64. The Bertz CT molecular complexity index is 397. The minimum Gasteiger partial charge on any atom is -0.389 e. The van der Waals surface area contributed by atoms with Gasteiger partial charge < -0.3 is 10.4 Å². The standard InChI is InChI=1S/C12H17NO2S2/c1-12(2,15)7-13-11(14)10-5-8-6-16-4-3-9(8)17-10/h5,15H,3-4,6-7H2,1-2H3,(H,13,14). The van der Waals surface area contributed by atoms with Gasteiger partial charge in [-0.3, -0.25) is 4.79 Å². The minimum absolute atomic E-state index is 0.0727. The number of hydrogen-bond donors (Lipinski definition) is 2. The Kier molecular flexibility index (Phi) is 3.80. The van der Waals surface area contributed by atoms with Crippen molar-refractivity contribution in [2.24, 2.45) is 0 Å². The van der Waals surface area contributed by atoms with Crippen molar-refractivity contribution in [2.75, 3.05) is 12.3 Å². The van der Waals surface area contributed by atoms with Crippen LogP contribution in [0.5, 0.6) is 0 Å². The molecule has 1 amide bonds. The Labute approximate surface area is 110 Å². The summed E-state index contributed by atoms with van der Waals surface area (Å²) in [5, 5.41) is 12.3. The van der Waals surface area contributed by atoms with E-state index in [0.717, 1.165) is 22.8 Å². The molecule has 5 heteroatoms. The molecule has 0 radical (unpaired) electrons. The monoisotopic (exact) mass is 271 g/mol. The Morgan fingerprint density at radius 1 is 1.59 bits per heavy atom. The van der Waals surface area contributed by atoms with E-state index in [4.69, 9.17) is 0 Å². The zero-order valence-electron chi connectivity index (χ0n) is 10.1. The lowest BCUT2D eigenvalue weighted by molar-refractivity contribution is 0.0696. The first-order chi connectivity index (χ1) is 7.96. The molecule has 17 heavy (non-hydrogen) atoms. The lowest BCUT2D eigenvalue weighted by Crippen LogP contribution is -2.37. The van der Waals surface area contributed by atoms with Gasteiger partial charge in [0.2, 0.25) is 0 Å². The van der Waals surface area contributed by atoms with Crippen LogP contribution in [0.1, 0.15) is 34.0 Å². The van der Waals surface area contributed by atoms with Crippen LogP contribution in [-0.4, -0.2) is 28.9 Å². The van der Waals surface area contributed by atoms with Crippen molar-refractivity contribution >= 4 is 29.0 Å². The van der Waals surface area contributed by atoms with E-state index in [-0.39, 0.29) is 12.5 Å². The summed E-state index contributed by atoms with van der Waals surface area (Å²) in [4.78, 5) is 14.0. The second-order valence-electron chi connectivity index (χ2n) is 4.86. The Balaban J connectivity index is 2.02. The van der Waals surface area contributed by atoms with Crippen LogP contribution in [0.15, 0.2) is 6.07 Å². The number of rotatable bonds is 3. The molecular formula is C12H17NO2S2. The molecule has 0 saturated heterocycles. The average Bonchev–Trinajstić information content (AvgIpc) is 2.68. The van der Waals surface area contributed by atoms with Crippen LogP contribution in [0.4, 0.5) is 0 Å². The highest BCUT2D eigenvalue weighted by atomic mass is 32.2. The van der Waals surface area contributed by atoms with Crippen LogP contribution in [0.3, 0.4) is 0 Å². The second-order valence-corrected chi connectivity index (χ2v) is 7.10. The molecule has 0 aliphatic carbocycles. The van der Waals surface area contributed by atoms with Gasteiger partial charge in [0.05, 0.1) is 10.5 Å². The summed E-state index contributed by atoms with van der Waals surface area (Å²) in [6, 6.07) is 1.99. The summed E-state index contributed by atoms with van der Waals surface area (Å²) in [7, 11) is 0. The van der Waals surface area contributed by atoms with Crippen molar-refractivity contribution in [3.05, 3.63) is 21.4 Å². The van der Waals surface area contributed by atoms with Crippen molar-refractivity contribution in [3.63, 3.8) is 0 Å². The van der Waals surface area contributed by atoms with E-state index in [0.29, 0.717) is 0 Å². The molecule has 1 aromatic heterocycles. The lowest BCUT2D eigenvalue weighted by Gasteiger charge is -2.17. The maximum Gasteiger partial charge on any atom is 0.261 e. The van der Waals surface area contributed by atoms with Gasteiger partial charge in [0.1, 0.15) is 0 Å². The van der Waals surface area contributed by atoms with E-state index in [2.05, 4.69) is 5.32 Å². The molecule has 2 N–H and O–H groups in total. The van der Waals surface area contributed by atoms with Crippen molar-refractivity contribution in [1.29, 1.82) is 0 Å². The number of amides is 1. The number of aryl methyl sites for hydroxylation is 1. The smallest absolute Gasteiger partial charge is 0.261 e. The normalized spacial score (nSPS) is 15.5. The molecule has 3 nitrogen and oxygen atoms in total. The zero-order chi connectivity index (χ0) is 12.5. The molecule has 1 aromatic rings. The third kappa shape index (κ3) is 3.47. The quantitative estimate of drug-likeness (QED) is 0.884. The van der Waals surface area contributed by atoms with Gasteiger partial charge in [0.15, 0.2) is 0 Å². The molecular weight excluding hydrogens is 254 g/mol. The number of hydrogen-bond acceptors (Lipinski definition) is 4. The SMILES string of the molecule is CC(C)(O)CNC(=O)c1cc2c(s1)CCSC2. The summed E-state index contributed by atoms with van der Waals surface area (Å²) in [6.07, 6.45) is 1.07. The van der Waals surface area contributed by atoms with Crippen LogP contribution in [0.2, 0.25) is 0 Å². The van der Waals surface area contributed by atoms with E-state index in [1.807, 2.05) is 17.8 Å². The lowest BCUT2D eigenvalue weighted by atomic mass is 10.1. The molecule has 94 valence electrons. The topological polar surface area (TPSA) is 49.3 Å². The molecule has 0 spiro atoms. The van der Waals surface area contributed by atoms with E-state index in [1.54, 1.807) is 25.2 Å². The van der Waals surface area contributed by atoms with Gasteiger partial charge in [-0.05, 0) is 37.7 Å². The molecule has 2 heterocycles. The van der Waals surface area contributed by atoms with Gasteiger partial charge in [0.25, 0.3) is 5.91 Å². The highest BCUT2D eigenvalue weighted by molar-refractivity contribution is 7.98. The molecule has 2 rings (SSSR count). The van der Waals surface area contributed by atoms with Gasteiger partial charge in [-0.25, -0.2) is 0 Å². The largest absolute Gasteiger partial charge is 0.389 e. The number of carbonyl (C=O) groups is 1. The summed E-state index contributed by atoms with van der Waals surface area (Å²) < 4.78 is 0. The predicted octanol–water partition coefficient (Wildman–Crippen LogP) is 2.04. The van der Waals surface area contributed by atoms with Gasteiger partial charge in [-0.1, -0.05) is 0 Å². The van der Waals surface area contributed by atoms with Crippen LogP contribution >= 0.6 is 23.1 Å². The van der Waals surface area contributed by atoms with Gasteiger partial charge in [-0.15, -0.1) is 11.3 Å². The summed E-state index contributed by atoms with van der Waals surface area (Å²) in [6.45, 7) is 3.65. The van der Waals surface area contributed by atoms with Crippen LogP contribution in [0.25, 0.3) is 0 Å². The van der Waals surface area contributed by atoms with Crippen molar-refractivity contribution < 1.29 is 9.90 Å². The molecule has 0 bridgehead atoms. The van der Waals surface area contributed by atoms with Gasteiger partial charge in [0, 0.05) is 17.2 Å². The first kappa shape index (κ1) is 12.9. The molecule has 0 aromatic carbocycles. The summed E-state index contributed by atoms with van der Waals surface area (Å²) >= 11 is 3.50. The Morgan fingerprint density at radius 3 is 3.00 bits per heavy atom. The van der Waals surface area contributed by atoms with Gasteiger partial charge in [-0.2, -0.15) is 11.8 Å². The number of nitrogens with one attached hydrogen (secondary N) is 1. The van der Waals surface area contributed by atoms with E-state index in [9.17, 15) is 9.90 Å². The highest BCUT2D eigenvalue weighted by Gasteiger charge is 2.19. The Morgan fingerprint density at radius 2 is 2.35 bits per heavy atom. The van der Waals surface area contributed by atoms with Crippen molar-refractivity contribution in [2.45, 2.75) is 31.6 Å². The number of aliphatic hydroxyl groups is 1. The first-order valence-electron chi connectivity index (χ1n) is 5.65. The fraction of sp³-hybridized carbons (Fsp3) is 0.583. The zero-order valence-corrected chi connectivity index (χ0v) is 11.7. The first-order valence-corrected chi connectivity index (χ1v) is 7.63. The molecule has 0 unspecified atom stereocenters. The predicted molar refractivity (Wildman–Crippen MR) is 72.8 cm³/mol. The third-order valence-corrected chi connectivity index (χ3v) is 4.78. The van der Waals surface area contributed by atoms with E-state index >= 15 is 0 Å². The fourth-order valence-corrected chi connectivity index (χ4v) is 3.93. The molecule has 0 saturated carbocycles. The maximum atomic E-state index is 11.9. The van der Waals surface area contributed by atoms with E-state index < -0.39 is 5.60 Å². The average molecular weight is 271 g/mol. The van der Waals surface area contributed by atoms with Crippen LogP contribution in [-0.2, 0) is 12.2 Å². The van der Waals surface area contributed by atoms with E-state index in [1.165, 1.54) is 10.4 Å². The maximum absolute atomic E-state index is 11.9. The second kappa shape index (κ2) is 5.00. The minimum atomic E-state index is -0.859. The summed E-state index contributed by atoms with van der Waals surface area (Å²) in [5.41, 5.74) is 0.446. The van der Waals surface area contributed by atoms with Gasteiger partial charge >= 0.3 is 0 Å².